The van der Waals surface area contributed by atoms with Gasteiger partial charge in [-0.2, -0.15) is 5.26 Å². The number of hydrogen-bond donors (Lipinski definition) is 1. The summed E-state index contributed by atoms with van der Waals surface area (Å²) in [5.41, 5.74) is 0.449. The van der Waals surface area contributed by atoms with E-state index in [4.69, 9.17) is 26.7 Å². The number of nitro benzene ring substituents is 1. The monoisotopic (exact) mass is 304 g/mol. The van der Waals surface area contributed by atoms with Gasteiger partial charge in [-0.25, -0.2) is 0 Å². The van der Waals surface area contributed by atoms with Gasteiger partial charge in [0.2, 0.25) is 5.75 Å². The van der Waals surface area contributed by atoms with Crippen molar-refractivity contribution in [2.75, 3.05) is 0 Å². The van der Waals surface area contributed by atoms with Crippen molar-refractivity contribution in [1.82, 2.24) is 0 Å². The van der Waals surface area contributed by atoms with E-state index in [9.17, 15) is 10.1 Å². The zero-order valence-electron chi connectivity index (χ0n) is 10.6. The number of nitro groups is 1. The predicted molar refractivity (Wildman–Crippen MR) is 75.3 cm³/mol. The van der Waals surface area contributed by atoms with Crippen LogP contribution in [0.15, 0.2) is 36.4 Å². The molecule has 2 rings (SSSR count). The van der Waals surface area contributed by atoms with Gasteiger partial charge in [-0.3, -0.25) is 10.1 Å². The zero-order valence-corrected chi connectivity index (χ0v) is 11.4. The second kappa shape index (κ2) is 6.22. The van der Waals surface area contributed by atoms with Gasteiger partial charge in [0.05, 0.1) is 17.1 Å². The lowest BCUT2D eigenvalue weighted by molar-refractivity contribution is -0.385. The maximum absolute atomic E-state index is 11.0. The maximum atomic E-state index is 11.0. The van der Waals surface area contributed by atoms with Crippen molar-refractivity contribution in [2.45, 2.75) is 6.61 Å². The Balaban J connectivity index is 2.45. The fraction of sp³-hybridized carbons (Fsp3) is 0.0714. The Morgan fingerprint density at radius 3 is 2.67 bits per heavy atom. The summed E-state index contributed by atoms with van der Waals surface area (Å²) in [4.78, 5) is 10.4. The molecule has 0 heterocycles. The predicted octanol–water partition coefficient (Wildman–Crippen LogP) is 3.40. The van der Waals surface area contributed by atoms with Crippen molar-refractivity contribution in [3.63, 3.8) is 0 Å². The van der Waals surface area contributed by atoms with Crippen LogP contribution in [0, 0.1) is 21.4 Å². The van der Waals surface area contributed by atoms with Crippen LogP contribution in [0.2, 0.25) is 5.02 Å². The molecular weight excluding hydrogens is 296 g/mol. The Morgan fingerprint density at radius 2 is 2.05 bits per heavy atom. The molecular formula is C14H9ClN2O4. The molecule has 1 N–H and O–H groups in total. The first-order valence-corrected chi connectivity index (χ1v) is 6.18. The Kier molecular flexibility index (Phi) is 4.38. The average molecular weight is 305 g/mol. The third-order valence-electron chi connectivity index (χ3n) is 2.69. The summed E-state index contributed by atoms with van der Waals surface area (Å²) in [7, 11) is 0. The molecule has 0 aliphatic carbocycles. The quantitative estimate of drug-likeness (QED) is 0.689. The van der Waals surface area contributed by atoms with Gasteiger partial charge < -0.3 is 9.84 Å². The van der Waals surface area contributed by atoms with Gasteiger partial charge in [0.25, 0.3) is 0 Å². The molecule has 106 valence electrons. The molecule has 6 nitrogen and oxygen atoms in total. The summed E-state index contributed by atoms with van der Waals surface area (Å²) in [6.45, 7) is -0.216. The number of ether oxygens (including phenoxy) is 1. The van der Waals surface area contributed by atoms with Crippen LogP contribution < -0.4 is 4.74 Å². The van der Waals surface area contributed by atoms with Gasteiger partial charge in [0, 0.05) is 17.2 Å². The van der Waals surface area contributed by atoms with E-state index in [2.05, 4.69) is 0 Å². The van der Waals surface area contributed by atoms with Crippen LogP contribution in [0.5, 0.6) is 11.5 Å². The molecule has 0 aliphatic rings. The summed E-state index contributed by atoms with van der Waals surface area (Å²) in [5.74, 6) is 0.0980. The summed E-state index contributed by atoms with van der Waals surface area (Å²) in [6, 6.07) is 10.3. The van der Waals surface area contributed by atoms with Crippen molar-refractivity contribution in [3.8, 4) is 17.6 Å². The number of aliphatic hydroxyl groups excluding tert-OH is 1. The lowest BCUT2D eigenvalue weighted by atomic mass is 10.1. The first-order valence-electron chi connectivity index (χ1n) is 5.81. The molecule has 0 radical (unpaired) electrons. The summed E-state index contributed by atoms with van der Waals surface area (Å²) < 4.78 is 5.44. The molecule has 0 saturated heterocycles. The van der Waals surface area contributed by atoms with Gasteiger partial charge in [-0.05, 0) is 23.8 Å². The van der Waals surface area contributed by atoms with Crippen molar-refractivity contribution in [1.29, 1.82) is 5.26 Å². The first kappa shape index (κ1) is 14.8. The molecule has 21 heavy (non-hydrogen) atoms. The highest BCUT2D eigenvalue weighted by Crippen LogP contribution is 2.35. The molecule has 0 saturated carbocycles. The van der Waals surface area contributed by atoms with Crippen LogP contribution in [0.3, 0.4) is 0 Å². The van der Waals surface area contributed by atoms with Crippen molar-refractivity contribution >= 4 is 17.3 Å². The maximum Gasteiger partial charge on any atom is 0.311 e. The zero-order chi connectivity index (χ0) is 15.4. The number of benzene rings is 2. The van der Waals surface area contributed by atoms with Crippen LogP contribution in [0.1, 0.15) is 11.1 Å². The van der Waals surface area contributed by atoms with Crippen LogP contribution >= 0.6 is 11.6 Å². The molecule has 0 fully saturated rings. The van der Waals surface area contributed by atoms with Crippen LogP contribution in [-0.2, 0) is 6.61 Å². The molecule has 0 amide bonds. The Labute approximate surface area is 124 Å². The molecule has 0 aromatic heterocycles. The minimum Gasteiger partial charge on any atom is -0.449 e. The molecule has 2 aromatic rings. The highest BCUT2D eigenvalue weighted by Gasteiger charge is 2.17. The smallest absolute Gasteiger partial charge is 0.311 e. The largest absolute Gasteiger partial charge is 0.449 e. The Bertz CT molecular complexity index is 740. The third-order valence-corrected chi connectivity index (χ3v) is 2.92. The van der Waals surface area contributed by atoms with Crippen molar-refractivity contribution in [2.24, 2.45) is 0 Å². The van der Waals surface area contributed by atoms with Gasteiger partial charge in [-0.1, -0.05) is 17.7 Å². The van der Waals surface area contributed by atoms with E-state index in [1.54, 1.807) is 6.07 Å². The van der Waals surface area contributed by atoms with E-state index >= 15 is 0 Å². The minimum absolute atomic E-state index is 0.0549. The minimum atomic E-state index is -0.597. The molecule has 0 unspecified atom stereocenters. The first-order chi connectivity index (χ1) is 10.0. The second-order valence-electron chi connectivity index (χ2n) is 4.07. The molecule has 0 spiro atoms. The number of rotatable bonds is 4. The fourth-order valence-corrected chi connectivity index (χ4v) is 1.85. The summed E-state index contributed by atoms with van der Waals surface area (Å²) in [6.07, 6.45) is 0. The SMILES string of the molecule is N#Cc1cc(CO)ccc1Oc1cc(Cl)ccc1[N+](=O)[O-]. The van der Waals surface area contributed by atoms with Crippen LogP contribution in [-0.4, -0.2) is 10.0 Å². The van der Waals surface area contributed by atoms with E-state index in [1.165, 1.54) is 30.3 Å². The average Bonchev–Trinajstić information content (AvgIpc) is 2.47. The molecule has 2 aromatic carbocycles. The molecule has 0 aliphatic heterocycles. The van der Waals surface area contributed by atoms with Crippen molar-refractivity contribution in [3.05, 3.63) is 62.7 Å². The Morgan fingerprint density at radius 1 is 1.29 bits per heavy atom. The summed E-state index contributed by atoms with van der Waals surface area (Å²) in [5, 5.41) is 29.4. The highest BCUT2D eigenvalue weighted by atomic mass is 35.5. The Hall–Kier alpha value is -2.62. The number of nitrogens with zero attached hydrogens (tertiary/aromatic N) is 2. The number of nitriles is 1. The van der Waals surface area contributed by atoms with Gasteiger partial charge >= 0.3 is 5.69 Å². The van der Waals surface area contributed by atoms with Crippen LogP contribution in [0.25, 0.3) is 0 Å². The topological polar surface area (TPSA) is 96.4 Å². The van der Waals surface area contributed by atoms with Crippen LogP contribution in [0.4, 0.5) is 5.69 Å². The lowest BCUT2D eigenvalue weighted by Crippen LogP contribution is -1.95. The highest BCUT2D eigenvalue weighted by molar-refractivity contribution is 6.30. The standard InChI is InChI=1S/C14H9ClN2O4/c15-11-2-3-12(17(19)20)14(6-11)21-13-4-1-9(8-18)5-10(13)7-16/h1-6,18H,8H2. The van der Waals surface area contributed by atoms with E-state index in [1.807, 2.05) is 6.07 Å². The number of halogens is 1. The number of hydrogen-bond acceptors (Lipinski definition) is 5. The van der Waals surface area contributed by atoms with E-state index < -0.39 is 4.92 Å². The van der Waals surface area contributed by atoms with Gasteiger partial charge in [-0.15, -0.1) is 0 Å². The molecule has 0 bridgehead atoms. The molecule has 7 heteroatoms. The second-order valence-corrected chi connectivity index (χ2v) is 4.51. The third kappa shape index (κ3) is 3.28. The normalized spacial score (nSPS) is 9.95. The van der Waals surface area contributed by atoms with E-state index in [0.29, 0.717) is 5.56 Å². The summed E-state index contributed by atoms with van der Waals surface area (Å²) >= 11 is 5.81. The van der Waals surface area contributed by atoms with Gasteiger partial charge in [0.1, 0.15) is 11.8 Å². The number of aliphatic hydroxyl groups is 1. The van der Waals surface area contributed by atoms with Crippen molar-refractivity contribution < 1.29 is 14.8 Å². The molecule has 0 atom stereocenters. The van der Waals surface area contributed by atoms with E-state index in [0.717, 1.165) is 0 Å². The lowest BCUT2D eigenvalue weighted by Gasteiger charge is -2.09. The van der Waals surface area contributed by atoms with E-state index in [-0.39, 0.29) is 34.4 Å². The fourth-order valence-electron chi connectivity index (χ4n) is 1.69. The van der Waals surface area contributed by atoms with Gasteiger partial charge in [0.15, 0.2) is 0 Å².